The smallest absolute Gasteiger partial charge is 0.136 e. The zero-order chi connectivity index (χ0) is 12.4. The van der Waals surface area contributed by atoms with Crippen LogP contribution in [0.1, 0.15) is 25.5 Å². The lowest BCUT2D eigenvalue weighted by atomic mass is 10.1. The number of hydrogen-bond donors (Lipinski definition) is 1. The molecule has 0 aliphatic carbocycles. The molecular weight excluding hydrogens is 219 g/mol. The molecule has 3 nitrogen and oxygen atoms in total. The highest BCUT2D eigenvalue weighted by Gasteiger charge is 2.11. The predicted octanol–water partition coefficient (Wildman–Crippen LogP) is 2.76. The van der Waals surface area contributed by atoms with Crippen LogP contribution in [-0.2, 0) is 6.61 Å². The molecule has 1 aromatic carbocycles. The zero-order valence-corrected chi connectivity index (χ0v) is 9.89. The Hall–Kier alpha value is -1.68. The molecule has 1 N–H and O–H groups in total. The second-order valence-electron chi connectivity index (χ2n) is 4.24. The molecule has 1 heterocycles. The summed E-state index contributed by atoms with van der Waals surface area (Å²) in [4.78, 5) is 0. The second-order valence-corrected chi connectivity index (χ2v) is 4.24. The first kappa shape index (κ1) is 11.8. The van der Waals surface area contributed by atoms with E-state index in [9.17, 15) is 4.39 Å². The topological polar surface area (TPSA) is 38.0 Å². The summed E-state index contributed by atoms with van der Waals surface area (Å²) in [7, 11) is 0. The van der Waals surface area contributed by atoms with Crippen LogP contribution in [0.25, 0.3) is 11.1 Å². The number of nitrogens with zero attached hydrogens (tertiary/aromatic N) is 2. The highest BCUT2D eigenvalue weighted by Crippen LogP contribution is 2.25. The Morgan fingerprint density at radius 1 is 1.41 bits per heavy atom. The molecule has 2 aromatic rings. The highest BCUT2D eigenvalue weighted by molar-refractivity contribution is 5.63. The third-order valence-electron chi connectivity index (χ3n) is 2.69. The fourth-order valence-electron chi connectivity index (χ4n) is 1.68. The number of benzene rings is 1. The Labute approximate surface area is 99.5 Å². The van der Waals surface area contributed by atoms with Crippen molar-refractivity contribution in [3.8, 4) is 11.1 Å². The van der Waals surface area contributed by atoms with Crippen molar-refractivity contribution in [3.63, 3.8) is 0 Å². The summed E-state index contributed by atoms with van der Waals surface area (Å²) in [6.45, 7) is 3.73. The van der Waals surface area contributed by atoms with Crippen molar-refractivity contribution in [1.29, 1.82) is 0 Å². The van der Waals surface area contributed by atoms with Crippen LogP contribution in [0.5, 0.6) is 0 Å². The molecule has 0 atom stereocenters. The zero-order valence-electron chi connectivity index (χ0n) is 9.89. The Morgan fingerprint density at radius 2 is 2.18 bits per heavy atom. The van der Waals surface area contributed by atoms with E-state index in [1.165, 1.54) is 0 Å². The van der Waals surface area contributed by atoms with Crippen molar-refractivity contribution >= 4 is 0 Å². The van der Waals surface area contributed by atoms with E-state index >= 15 is 0 Å². The fraction of sp³-hybridized carbons (Fsp3) is 0.308. The maximum Gasteiger partial charge on any atom is 0.136 e. The van der Waals surface area contributed by atoms with E-state index < -0.39 is 0 Å². The van der Waals surface area contributed by atoms with Gasteiger partial charge >= 0.3 is 0 Å². The van der Waals surface area contributed by atoms with Gasteiger partial charge in [-0.3, -0.25) is 4.68 Å². The van der Waals surface area contributed by atoms with E-state index in [-0.39, 0.29) is 18.5 Å². The summed E-state index contributed by atoms with van der Waals surface area (Å²) in [5.41, 5.74) is 1.51. The average molecular weight is 234 g/mol. The van der Waals surface area contributed by atoms with E-state index in [1.807, 2.05) is 20.0 Å². The minimum absolute atomic E-state index is 0.243. The van der Waals surface area contributed by atoms with Gasteiger partial charge in [0.05, 0.1) is 12.8 Å². The standard InChI is InChI=1S/C13H15FN2O/c1-9(2)16-7-11(6-15-16)12-5-3-4-10(8-17)13(12)14/h3-7,9,17H,8H2,1-2H3. The summed E-state index contributed by atoms with van der Waals surface area (Å²) in [5.74, 6) is -0.377. The Balaban J connectivity index is 2.45. The van der Waals surface area contributed by atoms with Gasteiger partial charge in [-0.2, -0.15) is 5.10 Å². The summed E-state index contributed by atoms with van der Waals surface area (Å²) in [6, 6.07) is 5.24. The maximum atomic E-state index is 14.0. The van der Waals surface area contributed by atoms with Crippen molar-refractivity contribution < 1.29 is 9.50 Å². The van der Waals surface area contributed by atoms with E-state index in [1.54, 1.807) is 29.1 Å². The molecule has 1 aromatic heterocycles. The normalized spacial score (nSPS) is 11.1. The number of aliphatic hydroxyl groups excluding tert-OH is 1. The van der Waals surface area contributed by atoms with E-state index in [2.05, 4.69) is 5.10 Å². The molecule has 0 aliphatic rings. The summed E-state index contributed by atoms with van der Waals surface area (Å²) < 4.78 is 15.8. The monoisotopic (exact) mass is 234 g/mol. The lowest BCUT2D eigenvalue weighted by Gasteiger charge is -2.05. The Morgan fingerprint density at radius 3 is 2.76 bits per heavy atom. The molecule has 90 valence electrons. The number of rotatable bonds is 3. The van der Waals surface area contributed by atoms with Crippen LogP contribution in [0.3, 0.4) is 0 Å². The molecule has 2 rings (SSSR count). The Bertz CT molecular complexity index is 520. The molecule has 0 amide bonds. The third-order valence-corrected chi connectivity index (χ3v) is 2.69. The van der Waals surface area contributed by atoms with E-state index in [4.69, 9.17) is 5.11 Å². The van der Waals surface area contributed by atoms with E-state index in [0.717, 1.165) is 5.56 Å². The van der Waals surface area contributed by atoms with Crippen molar-refractivity contribution in [1.82, 2.24) is 9.78 Å². The lowest BCUT2D eigenvalue weighted by Crippen LogP contribution is -1.99. The minimum Gasteiger partial charge on any atom is -0.392 e. The summed E-state index contributed by atoms with van der Waals surface area (Å²) in [5, 5.41) is 13.2. The minimum atomic E-state index is -0.377. The van der Waals surface area contributed by atoms with Gasteiger partial charge in [0.25, 0.3) is 0 Å². The highest BCUT2D eigenvalue weighted by atomic mass is 19.1. The van der Waals surface area contributed by atoms with Crippen LogP contribution in [0.2, 0.25) is 0 Å². The summed E-state index contributed by atoms with van der Waals surface area (Å²) in [6.07, 6.45) is 3.45. The van der Waals surface area contributed by atoms with Gasteiger partial charge in [0, 0.05) is 28.9 Å². The van der Waals surface area contributed by atoms with Gasteiger partial charge < -0.3 is 5.11 Å². The first-order chi connectivity index (χ1) is 8.13. The van der Waals surface area contributed by atoms with Crippen molar-refractivity contribution in [2.24, 2.45) is 0 Å². The first-order valence-electron chi connectivity index (χ1n) is 5.56. The van der Waals surface area contributed by atoms with Crippen LogP contribution in [0.4, 0.5) is 4.39 Å². The van der Waals surface area contributed by atoms with Gasteiger partial charge in [0.15, 0.2) is 0 Å². The first-order valence-corrected chi connectivity index (χ1v) is 5.56. The number of aromatic nitrogens is 2. The third kappa shape index (κ3) is 2.22. The van der Waals surface area contributed by atoms with Gasteiger partial charge in [0.2, 0.25) is 0 Å². The van der Waals surface area contributed by atoms with Crippen LogP contribution in [0.15, 0.2) is 30.6 Å². The van der Waals surface area contributed by atoms with Gasteiger partial charge in [0.1, 0.15) is 5.82 Å². The number of hydrogen-bond acceptors (Lipinski definition) is 2. The van der Waals surface area contributed by atoms with Gasteiger partial charge in [-0.05, 0) is 13.8 Å². The molecule has 0 saturated carbocycles. The molecule has 0 fully saturated rings. The van der Waals surface area contributed by atoms with Crippen LogP contribution >= 0.6 is 0 Å². The molecule has 0 spiro atoms. The average Bonchev–Trinajstić information content (AvgIpc) is 2.78. The molecule has 0 saturated heterocycles. The van der Waals surface area contributed by atoms with Gasteiger partial charge in [-0.25, -0.2) is 4.39 Å². The Kier molecular flexibility index (Phi) is 3.24. The quantitative estimate of drug-likeness (QED) is 0.886. The molecule has 17 heavy (non-hydrogen) atoms. The fourth-order valence-corrected chi connectivity index (χ4v) is 1.68. The molecule has 4 heteroatoms. The van der Waals surface area contributed by atoms with E-state index in [0.29, 0.717) is 11.1 Å². The van der Waals surface area contributed by atoms with Crippen molar-refractivity contribution in [3.05, 3.63) is 42.0 Å². The maximum absolute atomic E-state index is 14.0. The van der Waals surface area contributed by atoms with Crippen LogP contribution in [-0.4, -0.2) is 14.9 Å². The molecule has 0 unspecified atom stereocenters. The van der Waals surface area contributed by atoms with Gasteiger partial charge in [-0.1, -0.05) is 18.2 Å². The second kappa shape index (κ2) is 4.67. The van der Waals surface area contributed by atoms with Crippen molar-refractivity contribution in [2.75, 3.05) is 0 Å². The lowest BCUT2D eigenvalue weighted by molar-refractivity contribution is 0.276. The van der Waals surface area contributed by atoms with Crippen LogP contribution in [0, 0.1) is 5.82 Å². The molecular formula is C13H15FN2O. The van der Waals surface area contributed by atoms with Crippen molar-refractivity contribution in [2.45, 2.75) is 26.5 Å². The SMILES string of the molecule is CC(C)n1cc(-c2cccc(CO)c2F)cn1. The molecule has 0 bridgehead atoms. The number of halogens is 1. The van der Waals surface area contributed by atoms with Gasteiger partial charge in [-0.15, -0.1) is 0 Å². The number of aliphatic hydroxyl groups is 1. The molecule has 0 aliphatic heterocycles. The van der Waals surface area contributed by atoms with Crippen LogP contribution < -0.4 is 0 Å². The largest absolute Gasteiger partial charge is 0.392 e. The summed E-state index contributed by atoms with van der Waals surface area (Å²) >= 11 is 0. The molecule has 0 radical (unpaired) electrons. The predicted molar refractivity (Wildman–Crippen MR) is 63.9 cm³/mol.